The number of benzene rings is 9. The predicted molar refractivity (Wildman–Crippen MR) is 273 cm³/mol. The molecule has 2 aromatic heterocycles. The number of anilines is 2. The molecule has 9 aromatic carbocycles. The van der Waals surface area contributed by atoms with Gasteiger partial charge in [0, 0.05) is 55.1 Å². The lowest BCUT2D eigenvalue weighted by molar-refractivity contribution is 0.661. The number of nitrogens with zero attached hydrogens (tertiary/aromatic N) is 1. The minimum Gasteiger partial charge on any atom is -0.456 e. The summed E-state index contributed by atoms with van der Waals surface area (Å²) in [5.74, 6) is 0. The van der Waals surface area contributed by atoms with Gasteiger partial charge in [0.15, 0.2) is 7.28 Å². The van der Waals surface area contributed by atoms with E-state index in [2.05, 4.69) is 201 Å². The fourth-order valence-corrected chi connectivity index (χ4v) is 11.5. The van der Waals surface area contributed by atoms with Crippen LogP contribution in [0.15, 0.2) is 174 Å². The molecule has 0 fully saturated rings. The number of aromatic nitrogens is 1. The number of rotatable bonds is 8. The van der Waals surface area contributed by atoms with Crippen molar-refractivity contribution in [2.75, 3.05) is 5.32 Å². The standard InChI is InChI=1S/C60H47BN2O/c1-4-5-6-15-36-24-28-39(29-25-36)62-51-22-13-10-19-42(51)47-33-45(38-26-30-44-43-20-11-14-23-54(43)64-55(44)32-38)57-56-40-17-8-7-16-37(40)27-31-52(56)63-53-34-46-41-18-9-12-21-48(41)60(2,3)49(46)35-50(53)61-58(47)59(57)63/h7-14,16-35,61-62H,4-6,15H2,1-3H3. The molecule has 0 saturated heterocycles. The van der Waals surface area contributed by atoms with Crippen LogP contribution in [-0.2, 0) is 11.8 Å². The monoisotopic (exact) mass is 822 g/mol. The van der Waals surface area contributed by atoms with E-state index in [0.717, 1.165) is 52.6 Å². The highest BCUT2D eigenvalue weighted by Crippen LogP contribution is 2.51. The molecule has 3 nitrogen and oxygen atoms in total. The average molecular weight is 823 g/mol. The number of unbranched alkanes of at least 4 members (excludes halogenated alkanes) is 2. The van der Waals surface area contributed by atoms with Gasteiger partial charge in [-0.1, -0.05) is 154 Å². The third-order valence-electron chi connectivity index (χ3n) is 14.6. The van der Waals surface area contributed by atoms with E-state index in [9.17, 15) is 0 Å². The first-order chi connectivity index (χ1) is 31.4. The van der Waals surface area contributed by atoms with E-state index < -0.39 is 0 Å². The van der Waals surface area contributed by atoms with Crippen LogP contribution in [0, 0.1) is 0 Å². The van der Waals surface area contributed by atoms with Gasteiger partial charge >= 0.3 is 0 Å². The minimum absolute atomic E-state index is 0.102. The van der Waals surface area contributed by atoms with Crippen LogP contribution in [0.25, 0.3) is 93.6 Å². The lowest BCUT2D eigenvalue weighted by Gasteiger charge is -2.27. The van der Waals surface area contributed by atoms with E-state index in [-0.39, 0.29) is 5.41 Å². The Hall–Kier alpha value is -7.30. The summed E-state index contributed by atoms with van der Waals surface area (Å²) in [5.41, 5.74) is 22.1. The topological polar surface area (TPSA) is 30.1 Å². The van der Waals surface area contributed by atoms with E-state index >= 15 is 0 Å². The molecule has 64 heavy (non-hydrogen) atoms. The van der Waals surface area contributed by atoms with Gasteiger partial charge in [-0.05, 0) is 128 Å². The van der Waals surface area contributed by atoms with Crippen LogP contribution in [0.3, 0.4) is 0 Å². The van der Waals surface area contributed by atoms with Crippen molar-refractivity contribution in [2.24, 2.45) is 0 Å². The zero-order valence-electron chi connectivity index (χ0n) is 36.6. The number of para-hydroxylation sites is 2. The number of nitrogens with one attached hydrogen (secondary N) is 1. The van der Waals surface area contributed by atoms with Crippen LogP contribution in [0.2, 0.25) is 0 Å². The Labute approximate surface area is 374 Å². The van der Waals surface area contributed by atoms with Crippen LogP contribution in [-0.4, -0.2) is 11.8 Å². The molecule has 0 amide bonds. The first-order valence-corrected chi connectivity index (χ1v) is 23.1. The van der Waals surface area contributed by atoms with Crippen molar-refractivity contribution in [3.05, 3.63) is 187 Å². The quantitative estimate of drug-likeness (QED) is 0.122. The zero-order chi connectivity index (χ0) is 42.7. The molecule has 306 valence electrons. The van der Waals surface area contributed by atoms with Gasteiger partial charge in [-0.15, -0.1) is 0 Å². The molecule has 11 aromatic rings. The van der Waals surface area contributed by atoms with E-state index in [4.69, 9.17) is 4.42 Å². The highest BCUT2D eigenvalue weighted by molar-refractivity contribution is 6.74. The molecule has 2 aliphatic rings. The number of hydrogen-bond donors (Lipinski definition) is 1. The number of hydrogen-bond acceptors (Lipinski definition) is 2. The summed E-state index contributed by atoms with van der Waals surface area (Å²) in [5, 5.41) is 11.3. The summed E-state index contributed by atoms with van der Waals surface area (Å²) in [4.78, 5) is 0. The molecule has 1 N–H and O–H groups in total. The van der Waals surface area contributed by atoms with Crippen molar-refractivity contribution in [3.63, 3.8) is 0 Å². The Kier molecular flexibility index (Phi) is 8.22. The van der Waals surface area contributed by atoms with Crippen molar-refractivity contribution in [2.45, 2.75) is 51.9 Å². The Bertz CT molecular complexity index is 3720. The van der Waals surface area contributed by atoms with E-state index in [0.29, 0.717) is 0 Å². The second-order valence-corrected chi connectivity index (χ2v) is 18.7. The molecule has 3 heterocycles. The van der Waals surface area contributed by atoms with Crippen molar-refractivity contribution in [3.8, 4) is 39.1 Å². The maximum atomic E-state index is 6.60. The first kappa shape index (κ1) is 37.3. The van der Waals surface area contributed by atoms with Gasteiger partial charge < -0.3 is 14.3 Å². The number of furan rings is 1. The number of fused-ring (bicyclic) bond motifs is 13. The molecular weight excluding hydrogens is 775 g/mol. The van der Waals surface area contributed by atoms with Gasteiger partial charge in [0.2, 0.25) is 0 Å². The fraction of sp³-hybridized carbons (Fsp3) is 0.133. The Morgan fingerprint density at radius 3 is 2.22 bits per heavy atom. The molecule has 0 atom stereocenters. The van der Waals surface area contributed by atoms with Gasteiger partial charge in [-0.2, -0.15) is 0 Å². The van der Waals surface area contributed by atoms with Crippen LogP contribution >= 0.6 is 0 Å². The van der Waals surface area contributed by atoms with Crippen molar-refractivity contribution >= 4 is 84.1 Å². The Morgan fingerprint density at radius 1 is 0.578 bits per heavy atom. The van der Waals surface area contributed by atoms with Gasteiger partial charge in [0.1, 0.15) is 11.2 Å². The molecule has 4 heteroatoms. The normalized spacial score (nSPS) is 13.4. The molecular formula is C60H47BN2O. The Balaban J connectivity index is 1.11. The van der Waals surface area contributed by atoms with Crippen LogP contribution in [0.5, 0.6) is 0 Å². The second-order valence-electron chi connectivity index (χ2n) is 18.7. The summed E-state index contributed by atoms with van der Waals surface area (Å²) in [7, 11) is 0.818. The predicted octanol–water partition coefficient (Wildman–Crippen LogP) is 14.7. The van der Waals surface area contributed by atoms with Crippen molar-refractivity contribution < 1.29 is 4.42 Å². The van der Waals surface area contributed by atoms with Crippen LogP contribution in [0.4, 0.5) is 11.4 Å². The highest BCUT2D eigenvalue weighted by atomic mass is 16.3. The smallest absolute Gasteiger partial charge is 0.198 e. The minimum atomic E-state index is -0.102. The SMILES string of the molecule is CCCCCc1ccc(Nc2ccccc2-c2cc(-c3ccc4c(c3)oc3ccccc34)c3c4c5ccccc5ccc4n4c3c2Bc2cc3c(cc2-4)-c2ccccc2C3(C)C)cc1. The molecule has 1 aliphatic heterocycles. The first-order valence-electron chi connectivity index (χ1n) is 23.1. The molecule has 0 saturated carbocycles. The lowest BCUT2D eigenvalue weighted by Crippen LogP contribution is -2.38. The molecule has 0 bridgehead atoms. The van der Waals surface area contributed by atoms with E-state index in [1.165, 1.54) is 113 Å². The maximum absolute atomic E-state index is 6.60. The number of aryl methyl sites for hydroxylation is 1. The maximum Gasteiger partial charge on any atom is 0.198 e. The molecule has 13 rings (SSSR count). The van der Waals surface area contributed by atoms with E-state index in [1.807, 2.05) is 0 Å². The molecule has 1 aliphatic carbocycles. The van der Waals surface area contributed by atoms with E-state index in [1.54, 1.807) is 0 Å². The largest absolute Gasteiger partial charge is 0.456 e. The lowest BCUT2D eigenvalue weighted by atomic mass is 9.58. The highest BCUT2D eigenvalue weighted by Gasteiger charge is 2.38. The van der Waals surface area contributed by atoms with Gasteiger partial charge in [-0.3, -0.25) is 0 Å². The molecule has 0 radical (unpaired) electrons. The zero-order valence-corrected chi connectivity index (χ0v) is 36.6. The van der Waals surface area contributed by atoms with Crippen molar-refractivity contribution in [1.29, 1.82) is 0 Å². The molecule has 0 unspecified atom stereocenters. The summed E-state index contributed by atoms with van der Waals surface area (Å²) in [6.07, 6.45) is 4.85. The summed E-state index contributed by atoms with van der Waals surface area (Å²) in [6.45, 7) is 7.06. The summed E-state index contributed by atoms with van der Waals surface area (Å²) in [6, 6.07) is 63.4. The summed E-state index contributed by atoms with van der Waals surface area (Å²) < 4.78 is 9.23. The van der Waals surface area contributed by atoms with Gasteiger partial charge in [-0.25, -0.2) is 0 Å². The third kappa shape index (κ3) is 5.48. The Morgan fingerprint density at radius 2 is 1.34 bits per heavy atom. The summed E-state index contributed by atoms with van der Waals surface area (Å²) >= 11 is 0. The average Bonchev–Trinajstić information content (AvgIpc) is 3.96. The van der Waals surface area contributed by atoms with Crippen LogP contribution < -0.4 is 16.2 Å². The third-order valence-corrected chi connectivity index (χ3v) is 14.6. The van der Waals surface area contributed by atoms with Crippen molar-refractivity contribution in [1.82, 2.24) is 4.57 Å². The molecule has 0 spiro atoms. The van der Waals surface area contributed by atoms with Gasteiger partial charge in [0.05, 0.1) is 5.52 Å². The van der Waals surface area contributed by atoms with Crippen LogP contribution in [0.1, 0.15) is 56.7 Å². The van der Waals surface area contributed by atoms with Gasteiger partial charge in [0.25, 0.3) is 0 Å². The fourth-order valence-electron chi connectivity index (χ4n) is 11.5. The second kappa shape index (κ2) is 14.1.